The van der Waals surface area contributed by atoms with Crippen molar-refractivity contribution < 1.29 is 18.8 Å². The van der Waals surface area contributed by atoms with Crippen LogP contribution in [0.5, 0.6) is 0 Å². The van der Waals surface area contributed by atoms with Crippen molar-refractivity contribution in [3.63, 3.8) is 0 Å². The zero-order chi connectivity index (χ0) is 18.0. The van der Waals surface area contributed by atoms with Gasteiger partial charge >= 0.3 is 0 Å². The maximum Gasteiger partial charge on any atom is 0.293 e. The molecule has 0 saturated carbocycles. The second-order valence-corrected chi connectivity index (χ2v) is 6.74. The number of carbonyl (C=O) groups is 3. The molecule has 0 aliphatic carbocycles. The van der Waals surface area contributed by atoms with Crippen molar-refractivity contribution in [2.24, 2.45) is 0 Å². The van der Waals surface area contributed by atoms with Crippen LogP contribution in [0.15, 0.2) is 48.5 Å². The molecule has 0 unspecified atom stereocenters. The number of hydrogen-bond donors (Lipinski definition) is 1. The molecule has 7 heteroatoms. The molecule has 1 aliphatic rings. The first-order valence-electron chi connectivity index (χ1n) is 7.61. The topological polar surface area (TPSA) is 66.5 Å². The maximum atomic E-state index is 13.0. The van der Waals surface area contributed by atoms with E-state index >= 15 is 0 Å². The van der Waals surface area contributed by atoms with E-state index in [-0.39, 0.29) is 12.3 Å². The van der Waals surface area contributed by atoms with E-state index in [0.29, 0.717) is 11.4 Å². The third-order valence-electron chi connectivity index (χ3n) is 3.80. The highest BCUT2D eigenvalue weighted by Crippen LogP contribution is 2.33. The average molecular weight is 358 g/mol. The minimum atomic E-state index is -0.790. The molecule has 25 heavy (non-hydrogen) atoms. The molecule has 128 valence electrons. The van der Waals surface area contributed by atoms with Gasteiger partial charge < -0.3 is 5.32 Å². The summed E-state index contributed by atoms with van der Waals surface area (Å²) in [4.78, 5) is 37.8. The van der Waals surface area contributed by atoms with Gasteiger partial charge in [0.1, 0.15) is 11.1 Å². The molecule has 1 fully saturated rings. The number of benzene rings is 2. The lowest BCUT2D eigenvalue weighted by molar-refractivity contribution is -0.121. The molecule has 1 aliphatic heterocycles. The Balaban J connectivity index is 1.69. The van der Waals surface area contributed by atoms with E-state index in [1.807, 2.05) is 19.1 Å². The number of rotatable bonds is 4. The smallest absolute Gasteiger partial charge is 0.293 e. The molecule has 1 N–H and O–H groups in total. The van der Waals surface area contributed by atoms with Gasteiger partial charge in [-0.1, -0.05) is 18.2 Å². The van der Waals surface area contributed by atoms with Gasteiger partial charge in [0.15, 0.2) is 0 Å². The summed E-state index contributed by atoms with van der Waals surface area (Å²) in [6.45, 7) is 1.87. The van der Waals surface area contributed by atoms with Crippen molar-refractivity contribution in [3.8, 4) is 0 Å². The molecule has 2 aromatic carbocycles. The predicted molar refractivity (Wildman–Crippen MR) is 95.1 cm³/mol. The lowest BCUT2D eigenvalue weighted by atomic mass is 10.2. The number of thioether (sulfide) groups is 1. The van der Waals surface area contributed by atoms with Crippen LogP contribution >= 0.6 is 11.8 Å². The fourth-order valence-corrected chi connectivity index (χ4v) is 3.48. The number of anilines is 2. The van der Waals surface area contributed by atoms with Crippen LogP contribution in [0, 0.1) is 12.7 Å². The Hall–Kier alpha value is -2.67. The minimum absolute atomic E-state index is 0.110. The summed E-state index contributed by atoms with van der Waals surface area (Å²) < 4.78 is 13.0. The fraction of sp³-hybridized carbons (Fsp3) is 0.167. The first kappa shape index (κ1) is 17.2. The molecular formula is C18H15FN2O3S. The Kier molecular flexibility index (Phi) is 4.85. The summed E-state index contributed by atoms with van der Waals surface area (Å²) in [6, 6.07) is 12.4. The number of amides is 3. The highest BCUT2D eigenvalue weighted by Gasteiger charge is 2.41. The van der Waals surface area contributed by atoms with Crippen molar-refractivity contribution in [2.45, 2.75) is 18.6 Å². The van der Waals surface area contributed by atoms with E-state index in [9.17, 15) is 18.8 Å². The molecule has 3 rings (SSSR count). The second-order valence-electron chi connectivity index (χ2n) is 5.59. The first-order valence-corrected chi connectivity index (χ1v) is 8.49. The summed E-state index contributed by atoms with van der Waals surface area (Å²) >= 11 is 0.807. The molecule has 0 bridgehead atoms. The first-order chi connectivity index (χ1) is 12.0. The quantitative estimate of drug-likeness (QED) is 0.904. The third-order valence-corrected chi connectivity index (χ3v) is 4.83. The molecule has 3 amide bonds. The van der Waals surface area contributed by atoms with Crippen LogP contribution < -0.4 is 10.2 Å². The molecule has 2 aromatic rings. The standard InChI is InChI=1S/C18H15FN2O3S/c1-11-4-2-3-5-14(11)20-16(22)10-15-17(23)21(18(24)25-15)13-8-6-12(19)7-9-13/h2-9,15H,10H2,1H3,(H,20,22)/t15-/m1/s1. The molecule has 0 radical (unpaired) electrons. The highest BCUT2D eigenvalue weighted by atomic mass is 32.2. The van der Waals surface area contributed by atoms with E-state index in [0.717, 1.165) is 22.2 Å². The van der Waals surface area contributed by atoms with E-state index in [2.05, 4.69) is 5.32 Å². The molecule has 1 saturated heterocycles. The van der Waals surface area contributed by atoms with Crippen LogP contribution in [-0.4, -0.2) is 22.3 Å². The van der Waals surface area contributed by atoms with Crippen LogP contribution in [-0.2, 0) is 9.59 Å². The Morgan fingerprint density at radius 1 is 1.16 bits per heavy atom. The molecular weight excluding hydrogens is 343 g/mol. The number of aryl methyl sites for hydroxylation is 1. The van der Waals surface area contributed by atoms with Crippen LogP contribution in [0.3, 0.4) is 0 Å². The van der Waals surface area contributed by atoms with Crippen molar-refractivity contribution in [2.75, 3.05) is 10.2 Å². The lowest BCUT2D eigenvalue weighted by Crippen LogP contribution is -2.33. The van der Waals surface area contributed by atoms with Gasteiger partial charge in [0.2, 0.25) is 11.8 Å². The average Bonchev–Trinajstić information content (AvgIpc) is 2.84. The summed E-state index contributed by atoms with van der Waals surface area (Å²) in [7, 11) is 0. The number of imide groups is 1. The van der Waals surface area contributed by atoms with E-state index in [1.165, 1.54) is 24.3 Å². The Labute approximate surface area is 148 Å². The third kappa shape index (κ3) is 3.71. The fourth-order valence-electron chi connectivity index (χ4n) is 2.49. The number of nitrogens with zero attached hydrogens (tertiary/aromatic N) is 1. The summed E-state index contributed by atoms with van der Waals surface area (Å²) in [5.41, 5.74) is 1.88. The van der Waals surface area contributed by atoms with Gasteiger partial charge in [0, 0.05) is 12.1 Å². The number of halogens is 1. The molecule has 5 nitrogen and oxygen atoms in total. The highest BCUT2D eigenvalue weighted by molar-refractivity contribution is 8.15. The van der Waals surface area contributed by atoms with Gasteiger partial charge in [-0.2, -0.15) is 0 Å². The second kappa shape index (κ2) is 7.06. The van der Waals surface area contributed by atoms with E-state index < -0.39 is 22.2 Å². The van der Waals surface area contributed by atoms with Gasteiger partial charge in [0.05, 0.1) is 5.69 Å². The molecule has 0 aromatic heterocycles. The number of hydrogen-bond acceptors (Lipinski definition) is 4. The monoisotopic (exact) mass is 358 g/mol. The maximum absolute atomic E-state index is 13.0. The minimum Gasteiger partial charge on any atom is -0.326 e. The number of carbonyl (C=O) groups excluding carboxylic acids is 3. The van der Waals surface area contributed by atoms with E-state index in [4.69, 9.17) is 0 Å². The van der Waals surface area contributed by atoms with Crippen molar-refractivity contribution in [3.05, 3.63) is 59.9 Å². The van der Waals surface area contributed by atoms with E-state index in [1.54, 1.807) is 12.1 Å². The zero-order valence-corrected chi connectivity index (χ0v) is 14.2. The van der Waals surface area contributed by atoms with Crippen molar-refractivity contribution in [1.29, 1.82) is 0 Å². The van der Waals surface area contributed by atoms with Gasteiger partial charge in [-0.15, -0.1) is 0 Å². The summed E-state index contributed by atoms with van der Waals surface area (Å²) in [5, 5.41) is 1.49. The summed E-state index contributed by atoms with van der Waals surface area (Å²) in [6.07, 6.45) is -0.110. The zero-order valence-electron chi connectivity index (χ0n) is 13.4. The van der Waals surface area contributed by atoms with Gasteiger partial charge in [0.25, 0.3) is 5.24 Å². The molecule has 1 heterocycles. The number of nitrogens with one attached hydrogen (secondary N) is 1. The molecule has 1 atom stereocenters. The largest absolute Gasteiger partial charge is 0.326 e. The number of para-hydroxylation sites is 1. The summed E-state index contributed by atoms with van der Waals surface area (Å²) in [5.74, 6) is -1.26. The Morgan fingerprint density at radius 2 is 1.84 bits per heavy atom. The van der Waals surface area contributed by atoms with Gasteiger partial charge in [-0.05, 0) is 54.6 Å². The predicted octanol–water partition coefficient (Wildman–Crippen LogP) is 3.73. The van der Waals surface area contributed by atoms with Crippen molar-refractivity contribution >= 4 is 40.2 Å². The van der Waals surface area contributed by atoms with Gasteiger partial charge in [-0.25, -0.2) is 9.29 Å². The Bertz CT molecular complexity index is 838. The van der Waals surface area contributed by atoms with Crippen LogP contribution in [0.1, 0.15) is 12.0 Å². The SMILES string of the molecule is Cc1ccccc1NC(=O)C[C@H]1SC(=O)N(c2ccc(F)cc2)C1=O. The van der Waals surface area contributed by atoms with Gasteiger partial charge in [-0.3, -0.25) is 14.4 Å². The molecule has 0 spiro atoms. The normalized spacial score (nSPS) is 17.0. The van der Waals surface area contributed by atoms with Crippen LogP contribution in [0.2, 0.25) is 0 Å². The van der Waals surface area contributed by atoms with Crippen molar-refractivity contribution in [1.82, 2.24) is 0 Å². The van der Waals surface area contributed by atoms with Crippen LogP contribution in [0.4, 0.5) is 20.6 Å². The lowest BCUT2D eigenvalue weighted by Gasteiger charge is -2.14. The Morgan fingerprint density at radius 3 is 2.52 bits per heavy atom. The van der Waals surface area contributed by atoms with Crippen LogP contribution in [0.25, 0.3) is 0 Å².